The van der Waals surface area contributed by atoms with E-state index in [4.69, 9.17) is 5.11 Å². The Morgan fingerprint density at radius 1 is 1.14 bits per heavy atom. The number of carboxylic acids is 1. The van der Waals surface area contributed by atoms with E-state index in [1.54, 1.807) is 0 Å². The number of hydrogen-bond donors (Lipinski definition) is 3. The highest BCUT2D eigenvalue weighted by molar-refractivity contribution is 6.35. The Morgan fingerprint density at radius 2 is 1.82 bits per heavy atom. The summed E-state index contributed by atoms with van der Waals surface area (Å²) >= 11 is 0. The normalized spacial score (nSPS) is 13.1. The molecule has 0 spiro atoms. The van der Waals surface area contributed by atoms with E-state index in [2.05, 4.69) is 10.3 Å². The molecule has 1 aliphatic rings. The lowest BCUT2D eigenvalue weighted by Gasteiger charge is -2.13. The monoisotopic (exact) mass is 381 g/mol. The summed E-state index contributed by atoms with van der Waals surface area (Å²) in [6.07, 6.45) is 0. The van der Waals surface area contributed by atoms with Gasteiger partial charge in [0, 0.05) is 12.4 Å². The molecular weight excluding hydrogens is 369 g/mol. The molecule has 0 atom stereocenters. The molecule has 8 nitrogen and oxygen atoms in total. The van der Waals surface area contributed by atoms with Crippen molar-refractivity contribution in [1.82, 2.24) is 4.98 Å². The van der Waals surface area contributed by atoms with Crippen molar-refractivity contribution in [2.45, 2.75) is 0 Å². The number of nitrogens with zero attached hydrogens (tertiary/aromatic N) is 2. The average Bonchev–Trinajstić information content (AvgIpc) is 2.92. The third-order valence-corrected chi connectivity index (χ3v) is 4.49. The van der Waals surface area contributed by atoms with Crippen molar-refractivity contribution in [2.75, 3.05) is 17.3 Å². The van der Waals surface area contributed by atoms with Crippen molar-refractivity contribution in [1.29, 1.82) is 0 Å². The number of aromatic hydroxyl groups is 1. The summed E-state index contributed by atoms with van der Waals surface area (Å²) < 4.78 is 13.8. The Morgan fingerprint density at radius 3 is 2.43 bits per heavy atom. The van der Waals surface area contributed by atoms with Gasteiger partial charge in [-0.25, -0.2) is 19.1 Å². The molecule has 28 heavy (non-hydrogen) atoms. The Bertz CT molecular complexity index is 1190. The summed E-state index contributed by atoms with van der Waals surface area (Å²) in [6.45, 7) is 0. The molecule has 0 radical (unpaired) electrons. The molecule has 0 aliphatic carbocycles. The second-order valence-corrected chi connectivity index (χ2v) is 6.08. The van der Waals surface area contributed by atoms with Gasteiger partial charge in [-0.2, -0.15) is 0 Å². The molecule has 1 aliphatic heterocycles. The molecule has 4 rings (SSSR count). The minimum absolute atomic E-state index is 0.00711. The van der Waals surface area contributed by atoms with Crippen molar-refractivity contribution in [3.8, 4) is 5.75 Å². The lowest BCUT2D eigenvalue weighted by atomic mass is 10.1. The quantitative estimate of drug-likeness (QED) is 0.597. The maximum absolute atomic E-state index is 13.8. The SMILES string of the molecule is CNc1cc(F)cc2c(O)c3c(nc12)C(=O)N(c1ccc(C(=O)O)cc1)C3=O. The summed E-state index contributed by atoms with van der Waals surface area (Å²) in [7, 11) is 1.53. The van der Waals surface area contributed by atoms with Gasteiger partial charge in [0.2, 0.25) is 0 Å². The zero-order valence-electron chi connectivity index (χ0n) is 14.4. The smallest absolute Gasteiger partial charge is 0.335 e. The molecule has 2 amide bonds. The summed E-state index contributed by atoms with van der Waals surface area (Å²) in [6, 6.07) is 7.30. The van der Waals surface area contributed by atoms with Crippen LogP contribution in [0.25, 0.3) is 10.9 Å². The van der Waals surface area contributed by atoms with Crippen LogP contribution in [0, 0.1) is 5.82 Å². The van der Waals surface area contributed by atoms with Crippen molar-refractivity contribution in [3.63, 3.8) is 0 Å². The van der Waals surface area contributed by atoms with Gasteiger partial charge in [-0.05, 0) is 36.4 Å². The van der Waals surface area contributed by atoms with Crippen LogP contribution in [0.1, 0.15) is 31.2 Å². The van der Waals surface area contributed by atoms with Crippen molar-refractivity contribution in [3.05, 3.63) is 59.0 Å². The number of amides is 2. The second kappa shape index (κ2) is 6.02. The van der Waals surface area contributed by atoms with E-state index < -0.39 is 29.4 Å². The molecule has 1 aromatic heterocycles. The predicted octanol–water partition coefficient (Wildman–Crippen LogP) is 2.62. The second-order valence-electron chi connectivity index (χ2n) is 6.08. The summed E-state index contributed by atoms with van der Waals surface area (Å²) in [5.74, 6) is -3.94. The molecular formula is C19H12FN3O5. The predicted molar refractivity (Wildman–Crippen MR) is 97.5 cm³/mol. The first kappa shape index (κ1) is 17.4. The van der Waals surface area contributed by atoms with Gasteiger partial charge < -0.3 is 15.5 Å². The fourth-order valence-corrected chi connectivity index (χ4v) is 3.16. The van der Waals surface area contributed by atoms with Gasteiger partial charge in [-0.3, -0.25) is 9.59 Å². The van der Waals surface area contributed by atoms with Gasteiger partial charge in [-0.1, -0.05) is 0 Å². The molecule has 0 saturated heterocycles. The zero-order chi connectivity index (χ0) is 20.2. The van der Waals surface area contributed by atoms with Crippen LogP contribution < -0.4 is 10.2 Å². The number of hydrogen-bond acceptors (Lipinski definition) is 6. The Labute approximate surface area is 156 Å². The lowest BCUT2D eigenvalue weighted by Crippen LogP contribution is -2.29. The topological polar surface area (TPSA) is 120 Å². The number of pyridine rings is 1. The highest BCUT2D eigenvalue weighted by Gasteiger charge is 2.41. The third kappa shape index (κ3) is 2.37. The van der Waals surface area contributed by atoms with E-state index >= 15 is 0 Å². The van der Waals surface area contributed by atoms with E-state index in [0.29, 0.717) is 0 Å². The molecule has 0 unspecified atom stereocenters. The molecule has 3 aromatic rings. The molecule has 0 bridgehead atoms. The van der Waals surface area contributed by atoms with Crippen LogP contribution in [0.3, 0.4) is 0 Å². The van der Waals surface area contributed by atoms with Crippen LogP contribution in [0.2, 0.25) is 0 Å². The Kier molecular flexibility index (Phi) is 3.74. The van der Waals surface area contributed by atoms with E-state index in [0.717, 1.165) is 17.0 Å². The van der Waals surface area contributed by atoms with Crippen molar-refractivity contribution >= 4 is 40.1 Å². The number of imide groups is 1. The van der Waals surface area contributed by atoms with Crippen LogP contribution in [0.5, 0.6) is 5.75 Å². The standard InChI is InChI=1S/C19H12FN3O5/c1-21-12-7-9(20)6-11-14(12)22-15-13(16(11)24)17(25)23(18(15)26)10-4-2-8(3-5-10)19(27)28/h2-7,21H,1H3,(H,22,24)(H,27,28). The first-order valence-corrected chi connectivity index (χ1v) is 8.09. The zero-order valence-corrected chi connectivity index (χ0v) is 14.4. The average molecular weight is 381 g/mol. The third-order valence-electron chi connectivity index (χ3n) is 4.49. The minimum atomic E-state index is -1.15. The van der Waals surface area contributed by atoms with E-state index in [9.17, 15) is 23.9 Å². The van der Waals surface area contributed by atoms with Crippen LogP contribution >= 0.6 is 0 Å². The molecule has 0 fully saturated rings. The molecule has 9 heteroatoms. The summed E-state index contributed by atoms with van der Waals surface area (Å²) in [4.78, 5) is 41.6. The molecule has 140 valence electrons. The van der Waals surface area contributed by atoms with Crippen LogP contribution in [-0.4, -0.2) is 40.0 Å². The van der Waals surface area contributed by atoms with Crippen molar-refractivity contribution < 1.29 is 29.0 Å². The number of rotatable bonds is 3. The maximum Gasteiger partial charge on any atom is 0.335 e. The highest BCUT2D eigenvalue weighted by Crippen LogP contribution is 2.39. The van der Waals surface area contributed by atoms with E-state index in [-0.39, 0.29) is 39.1 Å². The fourth-order valence-electron chi connectivity index (χ4n) is 3.16. The fraction of sp³-hybridized carbons (Fsp3) is 0.0526. The van der Waals surface area contributed by atoms with Crippen molar-refractivity contribution in [2.24, 2.45) is 0 Å². The summed E-state index contributed by atoms with van der Waals surface area (Å²) in [5.41, 5.74) is -0.0856. The minimum Gasteiger partial charge on any atom is -0.506 e. The van der Waals surface area contributed by atoms with E-state index in [1.807, 2.05) is 0 Å². The number of nitrogens with one attached hydrogen (secondary N) is 1. The first-order chi connectivity index (χ1) is 13.3. The van der Waals surface area contributed by atoms with Gasteiger partial charge >= 0.3 is 5.97 Å². The molecule has 2 aromatic carbocycles. The van der Waals surface area contributed by atoms with Gasteiger partial charge in [0.25, 0.3) is 11.8 Å². The molecule has 2 heterocycles. The number of carboxylic acid groups (broad SMARTS) is 1. The number of carbonyl (C=O) groups excluding carboxylic acids is 2. The molecule has 3 N–H and O–H groups in total. The number of carbonyl (C=O) groups is 3. The van der Waals surface area contributed by atoms with Gasteiger partial charge in [-0.15, -0.1) is 0 Å². The Hall–Kier alpha value is -4.01. The number of fused-ring (bicyclic) bond motifs is 2. The maximum atomic E-state index is 13.8. The van der Waals surface area contributed by atoms with Crippen LogP contribution in [-0.2, 0) is 0 Å². The summed E-state index contributed by atoms with van der Waals surface area (Å²) in [5, 5.41) is 22.3. The number of aromatic nitrogens is 1. The number of halogens is 1. The Balaban J connectivity index is 1.90. The van der Waals surface area contributed by atoms with E-state index in [1.165, 1.54) is 31.3 Å². The number of aromatic carboxylic acids is 1. The number of anilines is 2. The first-order valence-electron chi connectivity index (χ1n) is 8.09. The molecule has 0 saturated carbocycles. The number of benzene rings is 2. The van der Waals surface area contributed by atoms with Gasteiger partial charge in [0.15, 0.2) is 0 Å². The largest absolute Gasteiger partial charge is 0.506 e. The van der Waals surface area contributed by atoms with Gasteiger partial charge in [0.05, 0.1) is 22.5 Å². The van der Waals surface area contributed by atoms with Crippen LogP contribution in [0.4, 0.5) is 15.8 Å². The lowest BCUT2D eigenvalue weighted by molar-refractivity contribution is 0.0696. The van der Waals surface area contributed by atoms with Gasteiger partial charge in [0.1, 0.15) is 22.8 Å². The highest BCUT2D eigenvalue weighted by atomic mass is 19.1. The van der Waals surface area contributed by atoms with Crippen LogP contribution in [0.15, 0.2) is 36.4 Å².